The monoisotopic (exact) mass is 475 g/mol. The number of thiophene rings is 1. The quantitative estimate of drug-likeness (QED) is 0.372. The number of benzene rings is 2. The fourth-order valence-corrected chi connectivity index (χ4v) is 5.56. The Labute approximate surface area is 201 Å². The molecular formula is C25H25N5OS2. The second-order valence-corrected chi connectivity index (χ2v) is 9.79. The van der Waals surface area contributed by atoms with Crippen LogP contribution < -0.4 is 4.90 Å². The molecule has 1 aliphatic heterocycles. The van der Waals surface area contributed by atoms with Crippen LogP contribution in [-0.2, 0) is 11.2 Å². The van der Waals surface area contributed by atoms with Crippen LogP contribution in [0, 0.1) is 0 Å². The summed E-state index contributed by atoms with van der Waals surface area (Å²) in [5.41, 5.74) is 2.23. The van der Waals surface area contributed by atoms with Gasteiger partial charge in [-0.05, 0) is 35.7 Å². The van der Waals surface area contributed by atoms with Gasteiger partial charge in [0.1, 0.15) is 5.82 Å². The lowest BCUT2D eigenvalue weighted by Crippen LogP contribution is -2.49. The minimum absolute atomic E-state index is 0.148. The lowest BCUT2D eigenvalue weighted by molar-refractivity contribution is -0.128. The molecule has 0 aliphatic carbocycles. The molecule has 33 heavy (non-hydrogen) atoms. The molecule has 0 unspecified atom stereocenters. The van der Waals surface area contributed by atoms with Gasteiger partial charge < -0.3 is 9.80 Å². The van der Waals surface area contributed by atoms with Crippen molar-refractivity contribution in [3.63, 3.8) is 0 Å². The van der Waals surface area contributed by atoms with E-state index in [4.69, 9.17) is 0 Å². The van der Waals surface area contributed by atoms with Gasteiger partial charge in [-0.25, -0.2) is 0 Å². The molecule has 1 aliphatic rings. The van der Waals surface area contributed by atoms with Gasteiger partial charge in [-0.2, -0.15) is 0 Å². The summed E-state index contributed by atoms with van der Waals surface area (Å²) in [7, 11) is 0. The first-order chi connectivity index (χ1) is 16.3. The lowest BCUT2D eigenvalue weighted by atomic mass is 10.2. The third-order valence-corrected chi connectivity index (χ3v) is 7.50. The van der Waals surface area contributed by atoms with E-state index in [-0.39, 0.29) is 5.91 Å². The number of carbonyl (C=O) groups excluding carboxylic acids is 1. The summed E-state index contributed by atoms with van der Waals surface area (Å²) in [6.07, 6.45) is 0.718. The van der Waals surface area contributed by atoms with Gasteiger partial charge in [0, 0.05) is 48.9 Å². The Morgan fingerprint density at radius 3 is 2.21 bits per heavy atom. The number of para-hydroxylation sites is 2. The van der Waals surface area contributed by atoms with E-state index in [0.717, 1.165) is 49.3 Å². The molecule has 0 bridgehead atoms. The van der Waals surface area contributed by atoms with Crippen LogP contribution in [0.2, 0.25) is 0 Å². The smallest absolute Gasteiger partial charge is 0.233 e. The molecule has 8 heteroatoms. The number of anilines is 1. The Morgan fingerprint density at radius 2 is 1.55 bits per heavy atom. The van der Waals surface area contributed by atoms with Crippen molar-refractivity contribution in [1.82, 2.24) is 19.7 Å². The maximum absolute atomic E-state index is 13.0. The molecule has 168 valence electrons. The zero-order chi connectivity index (χ0) is 22.5. The minimum Gasteiger partial charge on any atom is -0.368 e. The topological polar surface area (TPSA) is 54.3 Å². The normalized spacial score (nSPS) is 13.9. The fraction of sp³-hybridized carbons (Fsp3) is 0.240. The van der Waals surface area contributed by atoms with Crippen LogP contribution in [0.15, 0.2) is 83.3 Å². The first-order valence-electron chi connectivity index (χ1n) is 11.0. The number of aromatic nitrogens is 3. The van der Waals surface area contributed by atoms with Gasteiger partial charge in [0.05, 0.1) is 5.75 Å². The summed E-state index contributed by atoms with van der Waals surface area (Å²) in [5.74, 6) is 1.39. The molecule has 0 atom stereocenters. The van der Waals surface area contributed by atoms with E-state index in [1.807, 2.05) is 29.2 Å². The van der Waals surface area contributed by atoms with Crippen molar-refractivity contribution in [2.75, 3.05) is 36.8 Å². The number of hydrogen-bond acceptors (Lipinski definition) is 6. The predicted octanol–water partition coefficient (Wildman–Crippen LogP) is 4.36. The highest BCUT2D eigenvalue weighted by Crippen LogP contribution is 2.25. The minimum atomic E-state index is 0.148. The molecule has 0 saturated carbocycles. The molecule has 2 aromatic heterocycles. The maximum atomic E-state index is 13.0. The molecule has 3 heterocycles. The van der Waals surface area contributed by atoms with Crippen LogP contribution in [0.5, 0.6) is 0 Å². The molecule has 0 spiro atoms. The van der Waals surface area contributed by atoms with E-state index >= 15 is 0 Å². The number of nitrogens with zero attached hydrogens (tertiary/aromatic N) is 5. The molecule has 0 N–H and O–H groups in total. The first-order valence-corrected chi connectivity index (χ1v) is 12.9. The van der Waals surface area contributed by atoms with E-state index < -0.39 is 0 Å². The molecule has 1 amide bonds. The van der Waals surface area contributed by atoms with Crippen LogP contribution in [-0.4, -0.2) is 57.5 Å². The molecule has 6 nitrogen and oxygen atoms in total. The molecule has 5 rings (SSSR count). The molecule has 4 aromatic rings. The molecule has 0 radical (unpaired) electrons. The summed E-state index contributed by atoms with van der Waals surface area (Å²) in [6, 6.07) is 24.7. The Morgan fingerprint density at radius 1 is 0.848 bits per heavy atom. The first kappa shape index (κ1) is 21.7. The van der Waals surface area contributed by atoms with E-state index in [2.05, 4.69) is 73.6 Å². The highest BCUT2D eigenvalue weighted by Gasteiger charge is 2.23. The summed E-state index contributed by atoms with van der Waals surface area (Å²) in [5, 5.41) is 11.7. The highest BCUT2D eigenvalue weighted by molar-refractivity contribution is 7.99. The van der Waals surface area contributed by atoms with E-state index in [0.29, 0.717) is 5.75 Å². The van der Waals surface area contributed by atoms with Crippen LogP contribution in [0.1, 0.15) is 10.7 Å². The van der Waals surface area contributed by atoms with Gasteiger partial charge in [0.15, 0.2) is 5.16 Å². The number of hydrogen-bond donors (Lipinski definition) is 0. The van der Waals surface area contributed by atoms with Crippen LogP contribution in [0.3, 0.4) is 0 Å². The van der Waals surface area contributed by atoms with Crippen molar-refractivity contribution in [1.29, 1.82) is 0 Å². The summed E-state index contributed by atoms with van der Waals surface area (Å²) >= 11 is 3.18. The summed E-state index contributed by atoms with van der Waals surface area (Å²) in [4.78, 5) is 18.5. The van der Waals surface area contributed by atoms with Gasteiger partial charge in [-0.1, -0.05) is 54.2 Å². The zero-order valence-electron chi connectivity index (χ0n) is 18.2. The van der Waals surface area contributed by atoms with Gasteiger partial charge in [-0.3, -0.25) is 9.36 Å². The number of carbonyl (C=O) groups is 1. The van der Waals surface area contributed by atoms with Gasteiger partial charge in [0.2, 0.25) is 5.91 Å². The third-order valence-electron chi connectivity index (χ3n) is 5.71. The summed E-state index contributed by atoms with van der Waals surface area (Å²) < 4.78 is 2.07. The van der Waals surface area contributed by atoms with Crippen molar-refractivity contribution >= 4 is 34.7 Å². The maximum Gasteiger partial charge on any atom is 0.233 e. The molecular weight excluding hydrogens is 450 g/mol. The second kappa shape index (κ2) is 10.2. The van der Waals surface area contributed by atoms with Crippen molar-refractivity contribution in [2.24, 2.45) is 0 Å². The zero-order valence-corrected chi connectivity index (χ0v) is 19.8. The van der Waals surface area contributed by atoms with Crippen LogP contribution in [0.4, 0.5) is 5.69 Å². The Bertz CT molecular complexity index is 1170. The van der Waals surface area contributed by atoms with Crippen molar-refractivity contribution < 1.29 is 4.79 Å². The Balaban J connectivity index is 1.25. The predicted molar refractivity (Wildman–Crippen MR) is 134 cm³/mol. The largest absolute Gasteiger partial charge is 0.368 e. The van der Waals surface area contributed by atoms with Crippen molar-refractivity contribution in [3.8, 4) is 5.69 Å². The average Bonchev–Trinajstić information content (AvgIpc) is 3.54. The van der Waals surface area contributed by atoms with Gasteiger partial charge in [0.25, 0.3) is 0 Å². The fourth-order valence-electron chi connectivity index (χ4n) is 3.98. The van der Waals surface area contributed by atoms with Gasteiger partial charge >= 0.3 is 0 Å². The number of thioether (sulfide) groups is 1. The van der Waals surface area contributed by atoms with E-state index in [1.54, 1.807) is 11.3 Å². The highest BCUT2D eigenvalue weighted by atomic mass is 32.2. The summed E-state index contributed by atoms with van der Waals surface area (Å²) in [6.45, 7) is 3.18. The Hall–Kier alpha value is -3.10. The number of rotatable bonds is 7. The van der Waals surface area contributed by atoms with Crippen molar-refractivity contribution in [2.45, 2.75) is 11.6 Å². The van der Waals surface area contributed by atoms with Crippen molar-refractivity contribution in [3.05, 3.63) is 88.9 Å². The number of piperazine rings is 1. The van der Waals surface area contributed by atoms with E-state index in [1.165, 1.54) is 22.3 Å². The number of amides is 1. The molecule has 2 aromatic carbocycles. The van der Waals surface area contributed by atoms with E-state index in [9.17, 15) is 4.79 Å². The lowest BCUT2D eigenvalue weighted by Gasteiger charge is -2.36. The third kappa shape index (κ3) is 5.12. The second-order valence-electron chi connectivity index (χ2n) is 7.82. The average molecular weight is 476 g/mol. The van der Waals surface area contributed by atoms with Crippen LogP contribution in [0.25, 0.3) is 5.69 Å². The Kier molecular flexibility index (Phi) is 6.73. The molecule has 1 saturated heterocycles. The SMILES string of the molecule is O=C(CSc1nnc(Cc2cccs2)n1-c1ccccc1)N1CCN(c2ccccc2)CC1. The van der Waals surface area contributed by atoms with Gasteiger partial charge in [-0.15, -0.1) is 21.5 Å². The van der Waals surface area contributed by atoms with Crippen LogP contribution >= 0.6 is 23.1 Å². The standard InChI is InChI=1S/C25H25N5OS2/c31-24(29-15-13-28(14-16-29)20-8-3-1-4-9-20)19-33-25-27-26-23(18-22-12-7-17-32-22)30(25)21-10-5-2-6-11-21/h1-12,17H,13-16,18-19H2. The molecule has 1 fully saturated rings.